The Hall–Kier alpha value is -1.42. The van der Waals surface area contributed by atoms with Crippen molar-refractivity contribution in [1.82, 2.24) is 10.3 Å². The average molecular weight is 262 g/mol. The topological polar surface area (TPSA) is 62.2 Å². The molecule has 1 saturated carbocycles. The smallest absolute Gasteiger partial charge is 0.220 e. The molecule has 0 unspecified atom stereocenters. The van der Waals surface area contributed by atoms with Crippen LogP contribution in [0.5, 0.6) is 0 Å². The molecule has 1 aliphatic rings. The van der Waals surface area contributed by atoms with Crippen molar-refractivity contribution in [1.29, 1.82) is 0 Å². The van der Waals surface area contributed by atoms with Gasteiger partial charge in [0.1, 0.15) is 0 Å². The molecule has 2 N–H and O–H groups in total. The van der Waals surface area contributed by atoms with Gasteiger partial charge in [-0.2, -0.15) is 0 Å². The molecule has 1 heterocycles. The third kappa shape index (κ3) is 4.99. The minimum Gasteiger partial charge on any atom is -0.393 e. The van der Waals surface area contributed by atoms with Crippen LogP contribution in [0.3, 0.4) is 0 Å². The Balaban J connectivity index is 1.62. The van der Waals surface area contributed by atoms with Crippen molar-refractivity contribution in [3.8, 4) is 0 Å². The molecule has 0 spiro atoms. The van der Waals surface area contributed by atoms with E-state index in [4.69, 9.17) is 0 Å². The van der Waals surface area contributed by atoms with Crippen molar-refractivity contribution < 1.29 is 9.90 Å². The maximum atomic E-state index is 11.8. The first-order valence-electron chi connectivity index (χ1n) is 7.11. The number of amides is 1. The van der Waals surface area contributed by atoms with E-state index in [1.807, 2.05) is 18.2 Å². The maximum Gasteiger partial charge on any atom is 0.220 e. The molecule has 4 nitrogen and oxygen atoms in total. The molecule has 0 radical (unpaired) electrons. The van der Waals surface area contributed by atoms with Gasteiger partial charge in [0.05, 0.1) is 6.10 Å². The zero-order chi connectivity index (χ0) is 13.5. The molecular weight excluding hydrogens is 240 g/mol. The first-order chi connectivity index (χ1) is 9.24. The Morgan fingerprint density at radius 1 is 1.32 bits per heavy atom. The predicted molar refractivity (Wildman–Crippen MR) is 73.6 cm³/mol. The van der Waals surface area contributed by atoms with Gasteiger partial charge < -0.3 is 10.4 Å². The highest BCUT2D eigenvalue weighted by Gasteiger charge is 2.20. The highest BCUT2D eigenvalue weighted by molar-refractivity contribution is 5.76. The van der Waals surface area contributed by atoms with E-state index in [2.05, 4.69) is 10.3 Å². The summed E-state index contributed by atoms with van der Waals surface area (Å²) in [4.78, 5) is 16.0. The van der Waals surface area contributed by atoms with Crippen LogP contribution in [0.25, 0.3) is 0 Å². The number of carbonyl (C=O) groups excluding carboxylic acids is 1. The number of aromatic nitrogens is 1. The molecule has 4 heteroatoms. The lowest BCUT2D eigenvalue weighted by atomic mass is 9.93. The van der Waals surface area contributed by atoms with Crippen LogP contribution in [0.4, 0.5) is 0 Å². The summed E-state index contributed by atoms with van der Waals surface area (Å²) in [6.45, 7) is 0. The second kappa shape index (κ2) is 7.24. The lowest BCUT2D eigenvalue weighted by Gasteiger charge is -2.26. The molecule has 1 aliphatic carbocycles. The number of aliphatic hydroxyl groups excluding tert-OH is 1. The SMILES string of the molecule is O=C(CCCc1ccccn1)NC1CCC(O)CC1. The summed E-state index contributed by atoms with van der Waals surface area (Å²) in [5.74, 6) is 0.123. The Morgan fingerprint density at radius 3 is 2.79 bits per heavy atom. The molecule has 1 amide bonds. The zero-order valence-electron chi connectivity index (χ0n) is 11.2. The number of carbonyl (C=O) groups is 1. The summed E-state index contributed by atoms with van der Waals surface area (Å²) in [5, 5.41) is 12.5. The summed E-state index contributed by atoms with van der Waals surface area (Å²) < 4.78 is 0. The fraction of sp³-hybridized carbons (Fsp3) is 0.600. The molecule has 0 atom stereocenters. The largest absolute Gasteiger partial charge is 0.393 e. The van der Waals surface area contributed by atoms with Gasteiger partial charge in [0.2, 0.25) is 5.91 Å². The van der Waals surface area contributed by atoms with E-state index in [1.165, 1.54) is 0 Å². The number of hydrogen-bond acceptors (Lipinski definition) is 3. The normalized spacial score (nSPS) is 23.0. The number of aryl methyl sites for hydroxylation is 1. The molecule has 1 fully saturated rings. The average Bonchev–Trinajstić information content (AvgIpc) is 2.43. The highest BCUT2D eigenvalue weighted by Crippen LogP contribution is 2.18. The van der Waals surface area contributed by atoms with Gasteiger partial charge in [-0.15, -0.1) is 0 Å². The second-order valence-corrected chi connectivity index (χ2v) is 5.25. The summed E-state index contributed by atoms with van der Waals surface area (Å²) in [7, 11) is 0. The number of aliphatic hydroxyl groups is 1. The Bertz CT molecular complexity index is 386. The Labute approximate surface area is 114 Å². The first-order valence-corrected chi connectivity index (χ1v) is 7.11. The standard InChI is InChI=1S/C15H22N2O2/c18-14-9-7-13(8-10-14)17-15(19)6-3-5-12-4-1-2-11-16-12/h1-2,4,11,13-14,18H,3,5-10H2,(H,17,19). The van der Waals surface area contributed by atoms with Crippen LogP contribution >= 0.6 is 0 Å². The van der Waals surface area contributed by atoms with Crippen molar-refractivity contribution in [3.05, 3.63) is 30.1 Å². The summed E-state index contributed by atoms with van der Waals surface area (Å²) in [6, 6.07) is 6.11. The molecule has 0 saturated heterocycles. The number of pyridine rings is 1. The Kier molecular flexibility index (Phi) is 5.33. The van der Waals surface area contributed by atoms with Crippen molar-refractivity contribution in [2.75, 3.05) is 0 Å². The monoisotopic (exact) mass is 262 g/mol. The van der Waals surface area contributed by atoms with Crippen molar-refractivity contribution >= 4 is 5.91 Å². The molecule has 1 aromatic heterocycles. The third-order valence-corrected chi connectivity index (χ3v) is 3.62. The van der Waals surface area contributed by atoms with Gasteiger partial charge in [-0.05, 0) is 50.7 Å². The van der Waals surface area contributed by atoms with Crippen LogP contribution in [0.15, 0.2) is 24.4 Å². The van der Waals surface area contributed by atoms with Gasteiger partial charge in [0.15, 0.2) is 0 Å². The van der Waals surface area contributed by atoms with Crippen molar-refractivity contribution in [3.63, 3.8) is 0 Å². The predicted octanol–water partition coefficient (Wildman–Crippen LogP) is 1.82. The van der Waals surface area contributed by atoms with Gasteiger partial charge >= 0.3 is 0 Å². The van der Waals surface area contributed by atoms with E-state index in [1.54, 1.807) is 6.20 Å². The summed E-state index contributed by atoms with van der Waals surface area (Å²) >= 11 is 0. The van der Waals surface area contributed by atoms with Gasteiger partial charge in [-0.3, -0.25) is 9.78 Å². The zero-order valence-corrected chi connectivity index (χ0v) is 11.2. The molecule has 104 valence electrons. The highest BCUT2D eigenvalue weighted by atomic mass is 16.3. The van der Waals surface area contributed by atoms with E-state index in [0.29, 0.717) is 6.42 Å². The molecule has 19 heavy (non-hydrogen) atoms. The number of rotatable bonds is 5. The van der Waals surface area contributed by atoms with Crippen molar-refractivity contribution in [2.45, 2.75) is 57.1 Å². The fourth-order valence-corrected chi connectivity index (χ4v) is 2.50. The van der Waals surface area contributed by atoms with E-state index in [-0.39, 0.29) is 18.1 Å². The molecule has 0 aromatic carbocycles. The molecule has 0 bridgehead atoms. The van der Waals surface area contributed by atoms with Crippen LogP contribution in [0, 0.1) is 0 Å². The third-order valence-electron chi connectivity index (χ3n) is 3.62. The minimum atomic E-state index is -0.169. The molecule has 0 aliphatic heterocycles. The summed E-state index contributed by atoms with van der Waals surface area (Å²) in [6.07, 6.45) is 7.24. The van der Waals surface area contributed by atoms with E-state index < -0.39 is 0 Å². The minimum absolute atomic E-state index is 0.123. The van der Waals surface area contributed by atoms with Crippen LogP contribution in [0.2, 0.25) is 0 Å². The maximum absolute atomic E-state index is 11.8. The van der Waals surface area contributed by atoms with E-state index in [0.717, 1.165) is 44.2 Å². The molecule has 2 rings (SSSR count). The van der Waals surface area contributed by atoms with Crippen LogP contribution in [-0.4, -0.2) is 28.1 Å². The molecule has 1 aromatic rings. The lowest BCUT2D eigenvalue weighted by molar-refractivity contribution is -0.122. The fourth-order valence-electron chi connectivity index (χ4n) is 2.50. The first kappa shape index (κ1) is 14.0. The number of nitrogens with one attached hydrogen (secondary N) is 1. The van der Waals surface area contributed by atoms with Crippen LogP contribution < -0.4 is 5.32 Å². The number of hydrogen-bond donors (Lipinski definition) is 2. The quantitative estimate of drug-likeness (QED) is 0.851. The molecular formula is C15H22N2O2. The Morgan fingerprint density at radius 2 is 2.11 bits per heavy atom. The van der Waals surface area contributed by atoms with Gasteiger partial charge in [-0.1, -0.05) is 6.07 Å². The summed E-state index contributed by atoms with van der Waals surface area (Å²) in [5.41, 5.74) is 1.04. The second-order valence-electron chi connectivity index (χ2n) is 5.25. The van der Waals surface area contributed by atoms with Gasteiger partial charge in [-0.25, -0.2) is 0 Å². The van der Waals surface area contributed by atoms with Crippen LogP contribution in [-0.2, 0) is 11.2 Å². The van der Waals surface area contributed by atoms with E-state index >= 15 is 0 Å². The number of nitrogens with zero attached hydrogens (tertiary/aromatic N) is 1. The van der Waals surface area contributed by atoms with Crippen molar-refractivity contribution in [2.24, 2.45) is 0 Å². The van der Waals surface area contributed by atoms with Gasteiger partial charge in [0, 0.05) is 24.4 Å². The van der Waals surface area contributed by atoms with Gasteiger partial charge in [0.25, 0.3) is 0 Å². The van der Waals surface area contributed by atoms with Crippen LogP contribution in [0.1, 0.15) is 44.2 Å². The van der Waals surface area contributed by atoms with E-state index in [9.17, 15) is 9.90 Å². The lowest BCUT2D eigenvalue weighted by Crippen LogP contribution is -2.38.